The predicted octanol–water partition coefficient (Wildman–Crippen LogP) is 0.300. The second-order valence-corrected chi connectivity index (χ2v) is 1.49. The van der Waals surface area contributed by atoms with Gasteiger partial charge in [-0.25, -0.2) is 0 Å². The number of carbonyl (C=O) groups is 1. The molecule has 0 saturated heterocycles. The molecule has 0 rings (SSSR count). The Labute approximate surface area is 48.6 Å². The summed E-state index contributed by atoms with van der Waals surface area (Å²) in [6.45, 7) is 3.29. The lowest BCUT2D eigenvalue weighted by Gasteiger charge is -1.90. The molecule has 0 unspecified atom stereocenters. The minimum absolute atomic E-state index is 0.0463. The summed E-state index contributed by atoms with van der Waals surface area (Å²) < 4.78 is 0. The minimum atomic E-state index is -0.0463. The van der Waals surface area contributed by atoms with Gasteiger partial charge in [-0.05, 0) is 6.42 Å². The molecule has 0 aliphatic heterocycles. The van der Waals surface area contributed by atoms with Crippen LogP contribution in [0.3, 0.4) is 0 Å². The molecule has 0 aliphatic carbocycles. The molecule has 0 amide bonds. The fourth-order valence-electron chi connectivity index (χ4n) is 0.431. The summed E-state index contributed by atoms with van der Waals surface area (Å²) in [5.41, 5.74) is 0.449. The van der Waals surface area contributed by atoms with Gasteiger partial charge in [0.1, 0.15) is 5.71 Å². The molecule has 0 aromatic carbocycles. The molecule has 0 atom stereocenters. The lowest BCUT2D eigenvalue weighted by Crippen LogP contribution is -2.10. The van der Waals surface area contributed by atoms with E-state index in [9.17, 15) is 4.79 Å². The SMILES string of the molecule is CC/C(=N\N)C(C)=O. The van der Waals surface area contributed by atoms with E-state index < -0.39 is 0 Å². The number of rotatable bonds is 2. The van der Waals surface area contributed by atoms with Gasteiger partial charge in [-0.15, -0.1) is 0 Å². The van der Waals surface area contributed by atoms with Crippen LogP contribution in [-0.2, 0) is 4.79 Å². The zero-order valence-corrected chi connectivity index (χ0v) is 5.14. The number of Topliss-reactive ketones (excluding diaryl/α,β-unsaturated/α-hetero) is 1. The molecule has 0 spiro atoms. The van der Waals surface area contributed by atoms with Crippen LogP contribution in [0.5, 0.6) is 0 Å². The van der Waals surface area contributed by atoms with Gasteiger partial charge in [0.15, 0.2) is 5.78 Å². The summed E-state index contributed by atoms with van der Waals surface area (Å²) in [6.07, 6.45) is 0.617. The average molecular weight is 114 g/mol. The number of hydrogen-bond donors (Lipinski definition) is 1. The third-order valence-electron chi connectivity index (χ3n) is 0.897. The number of hydrogen-bond acceptors (Lipinski definition) is 3. The first kappa shape index (κ1) is 7.14. The van der Waals surface area contributed by atoms with Crippen molar-refractivity contribution in [2.24, 2.45) is 10.9 Å². The molecule has 0 bridgehead atoms. The molecule has 0 heterocycles. The molecule has 2 N–H and O–H groups in total. The maximum atomic E-state index is 10.4. The van der Waals surface area contributed by atoms with Gasteiger partial charge in [-0.3, -0.25) is 4.79 Å². The monoisotopic (exact) mass is 114 g/mol. The van der Waals surface area contributed by atoms with Crippen molar-refractivity contribution in [1.82, 2.24) is 0 Å². The first-order valence-corrected chi connectivity index (χ1v) is 2.50. The summed E-state index contributed by atoms with van der Waals surface area (Å²) in [5.74, 6) is 4.81. The van der Waals surface area contributed by atoms with Crippen molar-refractivity contribution >= 4 is 11.5 Å². The second kappa shape index (κ2) is 3.18. The smallest absolute Gasteiger partial charge is 0.175 e. The van der Waals surface area contributed by atoms with Crippen LogP contribution in [0.15, 0.2) is 5.10 Å². The number of nitrogens with zero attached hydrogens (tertiary/aromatic N) is 1. The molecule has 0 aromatic heterocycles. The van der Waals surface area contributed by atoms with Crippen LogP contribution in [0.4, 0.5) is 0 Å². The van der Waals surface area contributed by atoms with E-state index in [2.05, 4.69) is 5.10 Å². The maximum absolute atomic E-state index is 10.4. The van der Waals surface area contributed by atoms with E-state index in [1.807, 2.05) is 6.92 Å². The van der Waals surface area contributed by atoms with E-state index in [-0.39, 0.29) is 5.78 Å². The molecule has 46 valence electrons. The Morgan fingerprint density at radius 1 is 1.75 bits per heavy atom. The third kappa shape index (κ3) is 1.73. The highest BCUT2D eigenvalue weighted by Crippen LogP contribution is 1.83. The number of hydrazone groups is 1. The minimum Gasteiger partial charge on any atom is -0.323 e. The predicted molar refractivity (Wildman–Crippen MR) is 32.6 cm³/mol. The van der Waals surface area contributed by atoms with Gasteiger partial charge < -0.3 is 5.84 Å². The van der Waals surface area contributed by atoms with Gasteiger partial charge in [0.2, 0.25) is 0 Å². The standard InChI is InChI=1S/C5H10N2O/c1-3-5(7-6)4(2)8/h3,6H2,1-2H3/b7-5+. The highest BCUT2D eigenvalue weighted by atomic mass is 16.1. The van der Waals surface area contributed by atoms with Crippen molar-refractivity contribution in [2.45, 2.75) is 20.3 Å². The van der Waals surface area contributed by atoms with Crippen molar-refractivity contribution in [3.05, 3.63) is 0 Å². The van der Waals surface area contributed by atoms with Crippen molar-refractivity contribution in [1.29, 1.82) is 0 Å². The van der Waals surface area contributed by atoms with Crippen LogP contribution in [-0.4, -0.2) is 11.5 Å². The Hall–Kier alpha value is -0.860. The van der Waals surface area contributed by atoms with Crippen molar-refractivity contribution < 1.29 is 4.79 Å². The molecule has 0 aliphatic rings. The fraction of sp³-hybridized carbons (Fsp3) is 0.600. The summed E-state index contributed by atoms with van der Waals surface area (Å²) in [4.78, 5) is 10.4. The number of nitrogens with two attached hydrogens (primary N) is 1. The highest BCUT2D eigenvalue weighted by Gasteiger charge is 1.99. The van der Waals surface area contributed by atoms with Crippen molar-refractivity contribution in [2.75, 3.05) is 0 Å². The Morgan fingerprint density at radius 3 is 2.25 bits per heavy atom. The molecule has 3 nitrogen and oxygen atoms in total. The molecular formula is C5H10N2O. The van der Waals surface area contributed by atoms with E-state index >= 15 is 0 Å². The van der Waals surface area contributed by atoms with Crippen molar-refractivity contribution in [3.8, 4) is 0 Å². The molecular weight excluding hydrogens is 104 g/mol. The topological polar surface area (TPSA) is 55.4 Å². The average Bonchev–Trinajstić information content (AvgIpc) is 1.69. The first-order valence-electron chi connectivity index (χ1n) is 2.50. The van der Waals surface area contributed by atoms with Gasteiger partial charge in [0, 0.05) is 6.92 Å². The van der Waals surface area contributed by atoms with Gasteiger partial charge >= 0.3 is 0 Å². The van der Waals surface area contributed by atoms with Gasteiger partial charge in [-0.2, -0.15) is 5.10 Å². The molecule has 0 radical (unpaired) electrons. The van der Waals surface area contributed by atoms with Gasteiger partial charge in [0.05, 0.1) is 0 Å². The van der Waals surface area contributed by atoms with Crippen LogP contribution in [0.2, 0.25) is 0 Å². The molecule has 0 fully saturated rings. The number of carbonyl (C=O) groups excluding carboxylic acids is 1. The quantitative estimate of drug-likeness (QED) is 0.319. The van der Waals surface area contributed by atoms with E-state index in [1.54, 1.807) is 0 Å². The second-order valence-electron chi connectivity index (χ2n) is 1.49. The largest absolute Gasteiger partial charge is 0.323 e. The van der Waals surface area contributed by atoms with Crippen LogP contribution >= 0.6 is 0 Å². The molecule has 8 heavy (non-hydrogen) atoms. The maximum Gasteiger partial charge on any atom is 0.175 e. The molecule has 3 heteroatoms. The summed E-state index contributed by atoms with van der Waals surface area (Å²) in [6, 6.07) is 0. The zero-order chi connectivity index (χ0) is 6.57. The van der Waals surface area contributed by atoms with E-state index in [0.717, 1.165) is 0 Å². The lowest BCUT2D eigenvalue weighted by atomic mass is 10.2. The summed E-state index contributed by atoms with van der Waals surface area (Å²) >= 11 is 0. The van der Waals surface area contributed by atoms with Crippen LogP contribution < -0.4 is 5.84 Å². The van der Waals surface area contributed by atoms with Gasteiger partial charge in [-0.1, -0.05) is 6.92 Å². The Balaban J connectivity index is 3.92. The Kier molecular flexibility index (Phi) is 2.84. The fourth-order valence-corrected chi connectivity index (χ4v) is 0.431. The Morgan fingerprint density at radius 2 is 2.25 bits per heavy atom. The van der Waals surface area contributed by atoms with Crippen LogP contribution in [0.25, 0.3) is 0 Å². The summed E-state index contributed by atoms with van der Waals surface area (Å²) in [5, 5.41) is 3.27. The van der Waals surface area contributed by atoms with Crippen LogP contribution in [0.1, 0.15) is 20.3 Å². The lowest BCUT2D eigenvalue weighted by molar-refractivity contribution is -0.111. The van der Waals surface area contributed by atoms with Gasteiger partial charge in [0.25, 0.3) is 0 Å². The molecule has 0 aromatic rings. The normalized spacial score (nSPS) is 11.5. The summed E-state index contributed by atoms with van der Waals surface area (Å²) in [7, 11) is 0. The van der Waals surface area contributed by atoms with Crippen molar-refractivity contribution in [3.63, 3.8) is 0 Å². The van der Waals surface area contributed by atoms with E-state index in [4.69, 9.17) is 5.84 Å². The molecule has 0 saturated carbocycles. The van der Waals surface area contributed by atoms with Crippen LogP contribution in [0, 0.1) is 0 Å². The zero-order valence-electron chi connectivity index (χ0n) is 5.14. The van der Waals surface area contributed by atoms with E-state index in [0.29, 0.717) is 12.1 Å². The highest BCUT2D eigenvalue weighted by molar-refractivity contribution is 6.38. The third-order valence-corrected chi connectivity index (χ3v) is 0.897. The Bertz CT molecular complexity index is 118. The first-order chi connectivity index (χ1) is 3.72. The number of ketones is 1. The van der Waals surface area contributed by atoms with E-state index in [1.165, 1.54) is 6.92 Å².